The Kier molecular flexibility index (Phi) is 6.05. The molecule has 0 saturated carbocycles. The summed E-state index contributed by atoms with van der Waals surface area (Å²) in [5, 5.41) is 0. The molecule has 120 valence electrons. The lowest BCUT2D eigenvalue weighted by Gasteiger charge is -2.24. The number of rotatable bonds is 3. The van der Waals surface area contributed by atoms with Crippen molar-refractivity contribution in [1.29, 1.82) is 0 Å². The van der Waals surface area contributed by atoms with Crippen molar-refractivity contribution >= 4 is 71.5 Å². The van der Waals surface area contributed by atoms with Crippen molar-refractivity contribution in [3.05, 3.63) is 12.2 Å². The Morgan fingerprint density at radius 1 is 1.29 bits per heavy atom. The van der Waals surface area contributed by atoms with E-state index in [9.17, 15) is 4.79 Å². The van der Waals surface area contributed by atoms with Gasteiger partial charge in [-0.3, -0.25) is 0 Å². The highest BCUT2D eigenvalue weighted by molar-refractivity contribution is 8.30. The Labute approximate surface area is 143 Å². The zero-order chi connectivity index (χ0) is 15.9. The SMILES string of the molecule is C=C(C)C(=O)OCC1CO[P+]2(N[P+](Cl)(Cl)N[P+](Cl)(Cl)N2)O1. The van der Waals surface area contributed by atoms with Gasteiger partial charge < -0.3 is 4.74 Å². The second-order valence-corrected chi connectivity index (χ2v) is 17.4. The molecule has 0 bridgehead atoms. The molecule has 0 amide bonds. The highest BCUT2D eigenvalue weighted by Crippen LogP contribution is 2.88. The fraction of sp³-hybridized carbons (Fsp3) is 0.571. The van der Waals surface area contributed by atoms with E-state index in [1.807, 2.05) is 0 Å². The molecule has 2 fully saturated rings. The van der Waals surface area contributed by atoms with Crippen LogP contribution in [-0.2, 0) is 18.6 Å². The molecular weight excluding hydrogens is 425 g/mol. The van der Waals surface area contributed by atoms with Crippen molar-refractivity contribution in [2.24, 2.45) is 0 Å². The highest BCUT2D eigenvalue weighted by atomic mass is 35.9. The largest absolute Gasteiger partial charge is 0.506 e. The Morgan fingerprint density at radius 2 is 1.86 bits per heavy atom. The number of carbonyl (C=O) groups is 1. The molecule has 2 rings (SSSR count). The van der Waals surface area contributed by atoms with E-state index in [1.165, 1.54) is 0 Å². The van der Waals surface area contributed by atoms with Gasteiger partial charge in [0.1, 0.15) is 13.2 Å². The number of hydrogen-bond donors (Lipinski definition) is 3. The first-order chi connectivity index (χ1) is 9.53. The predicted octanol–water partition coefficient (Wildman–Crippen LogP) is 4.29. The number of nitrogens with one attached hydrogen (secondary N) is 3. The van der Waals surface area contributed by atoms with Gasteiger partial charge in [-0.25, -0.2) is 4.79 Å². The summed E-state index contributed by atoms with van der Waals surface area (Å²) < 4.78 is 16.3. The smallest absolute Gasteiger partial charge is 0.459 e. The summed E-state index contributed by atoms with van der Waals surface area (Å²) in [4.78, 5) is 19.7. The molecule has 21 heavy (non-hydrogen) atoms. The highest BCUT2D eigenvalue weighted by Gasteiger charge is 2.77. The molecule has 3 N–H and O–H groups in total. The van der Waals surface area contributed by atoms with Crippen LogP contribution in [0.3, 0.4) is 0 Å². The Balaban J connectivity index is 1.97. The lowest BCUT2D eigenvalue weighted by atomic mass is 10.3. The minimum atomic E-state index is -2.83. The molecular formula is C7H13Cl4N3O4P3+3. The first-order valence-corrected chi connectivity index (χ1v) is 14.3. The molecule has 2 heterocycles. The van der Waals surface area contributed by atoms with E-state index in [0.29, 0.717) is 5.57 Å². The average molecular weight is 438 g/mol. The molecule has 0 aliphatic carbocycles. The van der Waals surface area contributed by atoms with Crippen molar-refractivity contribution in [2.75, 3.05) is 13.2 Å². The molecule has 2 aliphatic heterocycles. The van der Waals surface area contributed by atoms with Crippen molar-refractivity contribution in [3.63, 3.8) is 0 Å². The minimum absolute atomic E-state index is 0.0102. The molecule has 2 saturated heterocycles. The van der Waals surface area contributed by atoms with E-state index in [2.05, 4.69) is 21.2 Å². The second-order valence-electron chi connectivity index (χ2n) is 4.28. The van der Waals surface area contributed by atoms with Crippen LogP contribution >= 0.6 is 65.5 Å². The summed E-state index contributed by atoms with van der Waals surface area (Å²) in [6.07, 6.45) is -6.10. The Morgan fingerprint density at radius 3 is 2.38 bits per heavy atom. The van der Waals surface area contributed by atoms with Crippen LogP contribution in [0.5, 0.6) is 0 Å². The van der Waals surface area contributed by atoms with E-state index in [1.54, 1.807) is 6.92 Å². The third-order valence-electron chi connectivity index (χ3n) is 2.25. The van der Waals surface area contributed by atoms with E-state index in [4.69, 9.17) is 58.7 Å². The zero-order valence-corrected chi connectivity index (χ0v) is 16.4. The van der Waals surface area contributed by atoms with Gasteiger partial charge in [0.15, 0.2) is 51.1 Å². The summed E-state index contributed by atoms with van der Waals surface area (Å²) >= 11 is 24.3. The number of halogens is 4. The molecule has 0 aromatic carbocycles. The quantitative estimate of drug-likeness (QED) is 0.345. The van der Waals surface area contributed by atoms with E-state index in [0.717, 1.165) is 0 Å². The van der Waals surface area contributed by atoms with Gasteiger partial charge >= 0.3 is 26.5 Å². The summed E-state index contributed by atoms with van der Waals surface area (Å²) in [7, 11) is -2.83. The molecule has 1 spiro atoms. The minimum Gasteiger partial charge on any atom is -0.459 e. The first kappa shape index (κ1) is 18.8. The second kappa shape index (κ2) is 6.76. The van der Waals surface area contributed by atoms with Gasteiger partial charge in [-0.2, -0.15) is 9.05 Å². The number of carbonyl (C=O) groups excluding carboxylic acids is 1. The van der Waals surface area contributed by atoms with Gasteiger partial charge in [-0.1, -0.05) is 6.58 Å². The van der Waals surface area contributed by atoms with Gasteiger partial charge in [0, 0.05) is 10.4 Å². The van der Waals surface area contributed by atoms with Crippen LogP contribution in [0.15, 0.2) is 12.2 Å². The van der Waals surface area contributed by atoms with Crippen molar-refractivity contribution < 1.29 is 18.6 Å². The summed E-state index contributed by atoms with van der Waals surface area (Å²) in [6.45, 7) is 5.23. The lowest BCUT2D eigenvalue weighted by molar-refractivity contribution is -0.141. The normalized spacial score (nSPS) is 29.3. The first-order valence-electron chi connectivity index (χ1n) is 5.52. The van der Waals surface area contributed by atoms with E-state index < -0.39 is 32.6 Å². The third-order valence-corrected chi connectivity index (χ3v) is 14.9. The maximum atomic E-state index is 11.3. The van der Waals surface area contributed by atoms with E-state index in [-0.39, 0.29) is 13.2 Å². The number of ether oxygens (including phenoxy) is 1. The molecule has 14 heteroatoms. The lowest BCUT2D eigenvalue weighted by Crippen LogP contribution is -2.36. The Hall–Kier alpha value is 1.46. The Bertz CT molecular complexity index is 452. The van der Waals surface area contributed by atoms with Gasteiger partial charge in [-0.15, -0.1) is 0 Å². The van der Waals surface area contributed by atoms with Crippen molar-refractivity contribution in [3.8, 4) is 0 Å². The van der Waals surface area contributed by atoms with Gasteiger partial charge in [0.25, 0.3) is 0 Å². The predicted molar refractivity (Wildman–Crippen MR) is 90.2 cm³/mol. The van der Waals surface area contributed by atoms with Crippen molar-refractivity contribution in [2.45, 2.75) is 13.0 Å². The molecule has 0 radical (unpaired) electrons. The summed E-state index contributed by atoms with van der Waals surface area (Å²) in [5.41, 5.74) is 0.300. The molecule has 0 aromatic heterocycles. The maximum absolute atomic E-state index is 11.3. The van der Waals surface area contributed by atoms with Gasteiger partial charge in [0.2, 0.25) is 0 Å². The molecule has 7 nitrogen and oxygen atoms in total. The van der Waals surface area contributed by atoms with Crippen LogP contribution in [0.4, 0.5) is 0 Å². The van der Waals surface area contributed by atoms with Crippen molar-refractivity contribution in [1.82, 2.24) is 14.6 Å². The van der Waals surface area contributed by atoms with E-state index >= 15 is 0 Å². The maximum Gasteiger partial charge on any atom is 0.506 e. The summed E-state index contributed by atoms with van der Waals surface area (Å²) in [6, 6.07) is 0. The third kappa shape index (κ3) is 5.22. The van der Waals surface area contributed by atoms with Crippen LogP contribution in [-0.4, -0.2) is 25.3 Å². The standard InChI is InChI=1S/C7H13Cl4N3O4P3/c1-5(2)7(15)16-3-6-4-17-21(18-6)13-19(8,9)12-20(10,11)14-21/h6,12-14H,1,3-4H2,2H3/q+3. The number of esters is 1. The van der Waals surface area contributed by atoms with Gasteiger partial charge in [0.05, 0.1) is 9.72 Å². The molecule has 1 unspecified atom stereocenters. The molecule has 2 aliphatic rings. The monoisotopic (exact) mass is 436 g/mol. The van der Waals surface area contributed by atoms with Crippen LogP contribution in [0.2, 0.25) is 0 Å². The summed E-state index contributed by atoms with van der Waals surface area (Å²) in [5.74, 6) is -0.503. The van der Waals surface area contributed by atoms with Crippen LogP contribution in [0.25, 0.3) is 0 Å². The molecule has 0 aromatic rings. The van der Waals surface area contributed by atoms with Crippen LogP contribution in [0.1, 0.15) is 6.92 Å². The zero-order valence-electron chi connectivity index (χ0n) is 10.7. The van der Waals surface area contributed by atoms with Crippen LogP contribution in [0, 0.1) is 0 Å². The fourth-order valence-corrected chi connectivity index (χ4v) is 18.0. The number of hydrogen-bond acceptors (Lipinski definition) is 7. The fourth-order valence-electron chi connectivity index (χ4n) is 1.49. The van der Waals surface area contributed by atoms with Gasteiger partial charge in [-0.05, 0) is 6.92 Å². The topological polar surface area (TPSA) is 80.9 Å². The average Bonchev–Trinajstić information content (AvgIpc) is 2.63. The molecule has 1 atom stereocenters. The van der Waals surface area contributed by atoms with Crippen LogP contribution < -0.4 is 14.6 Å².